The van der Waals surface area contributed by atoms with Crippen LogP contribution in [0.4, 0.5) is 13.2 Å². The lowest BCUT2D eigenvalue weighted by atomic mass is 9.81. The van der Waals surface area contributed by atoms with Gasteiger partial charge in [-0.1, -0.05) is 35.3 Å². The first-order chi connectivity index (χ1) is 13.8. The third-order valence-electron chi connectivity index (χ3n) is 5.02. The maximum Gasteiger partial charge on any atom is 0.433 e. The molecule has 29 heavy (non-hydrogen) atoms. The van der Waals surface area contributed by atoms with E-state index in [0.717, 1.165) is 18.9 Å². The van der Waals surface area contributed by atoms with E-state index in [2.05, 4.69) is 10.3 Å². The van der Waals surface area contributed by atoms with Crippen LogP contribution in [0.3, 0.4) is 0 Å². The highest BCUT2D eigenvalue weighted by atomic mass is 35.5. The Morgan fingerprint density at radius 2 is 1.93 bits per heavy atom. The van der Waals surface area contributed by atoms with Crippen molar-refractivity contribution in [3.05, 3.63) is 63.4 Å². The monoisotopic (exact) mass is 446 g/mol. The fourth-order valence-electron chi connectivity index (χ4n) is 3.44. The van der Waals surface area contributed by atoms with Crippen LogP contribution in [-0.4, -0.2) is 30.6 Å². The molecule has 1 saturated heterocycles. The second kappa shape index (κ2) is 9.32. The van der Waals surface area contributed by atoms with Crippen LogP contribution < -0.4 is 5.32 Å². The number of carbonyl (C=O) groups excluding carboxylic acids is 1. The highest BCUT2D eigenvalue weighted by Crippen LogP contribution is 2.34. The fraction of sp³-hybridized carbons (Fsp3) is 0.400. The summed E-state index contributed by atoms with van der Waals surface area (Å²) in [7, 11) is 0. The molecule has 0 aliphatic carbocycles. The lowest BCUT2D eigenvalue weighted by molar-refractivity contribution is -0.141. The van der Waals surface area contributed by atoms with Crippen LogP contribution in [0.25, 0.3) is 0 Å². The summed E-state index contributed by atoms with van der Waals surface area (Å²) >= 11 is 12.1. The molecule has 156 valence electrons. The van der Waals surface area contributed by atoms with Crippen LogP contribution in [0, 0.1) is 5.92 Å². The average Bonchev–Trinajstić information content (AvgIpc) is 2.70. The maximum atomic E-state index is 12.8. The summed E-state index contributed by atoms with van der Waals surface area (Å²) in [4.78, 5) is 16.1. The summed E-state index contributed by atoms with van der Waals surface area (Å²) in [6.07, 6.45) is -1.76. The van der Waals surface area contributed by atoms with Gasteiger partial charge in [0.05, 0.1) is 15.6 Å². The minimum Gasteiger partial charge on any atom is -0.381 e. The topological polar surface area (TPSA) is 51.2 Å². The van der Waals surface area contributed by atoms with E-state index in [0.29, 0.717) is 18.8 Å². The van der Waals surface area contributed by atoms with Gasteiger partial charge in [-0.25, -0.2) is 0 Å². The second-order valence-corrected chi connectivity index (χ2v) is 7.63. The Bertz CT molecular complexity index is 854. The summed E-state index contributed by atoms with van der Waals surface area (Å²) < 4.78 is 43.9. The van der Waals surface area contributed by atoms with E-state index in [9.17, 15) is 18.0 Å². The summed E-state index contributed by atoms with van der Waals surface area (Å²) in [6, 6.07) is 7.16. The highest BCUT2D eigenvalue weighted by molar-refractivity contribution is 6.43. The van der Waals surface area contributed by atoms with Gasteiger partial charge in [-0.3, -0.25) is 9.78 Å². The molecular weight excluding hydrogens is 428 g/mol. The molecule has 1 amide bonds. The van der Waals surface area contributed by atoms with E-state index in [-0.39, 0.29) is 34.0 Å². The first-order valence-electron chi connectivity index (χ1n) is 9.10. The number of rotatable bonds is 5. The quantitative estimate of drug-likeness (QED) is 0.673. The van der Waals surface area contributed by atoms with Crippen molar-refractivity contribution in [2.24, 2.45) is 5.92 Å². The number of halogens is 5. The molecule has 1 fully saturated rings. The number of pyridine rings is 1. The van der Waals surface area contributed by atoms with Crippen LogP contribution in [0.15, 0.2) is 36.5 Å². The molecule has 0 radical (unpaired) electrons. The van der Waals surface area contributed by atoms with Gasteiger partial charge in [-0.2, -0.15) is 13.2 Å². The van der Waals surface area contributed by atoms with E-state index in [1.165, 1.54) is 12.3 Å². The Morgan fingerprint density at radius 1 is 1.21 bits per heavy atom. The third kappa shape index (κ3) is 5.41. The van der Waals surface area contributed by atoms with Crippen LogP contribution in [0.2, 0.25) is 10.0 Å². The van der Waals surface area contributed by atoms with Gasteiger partial charge >= 0.3 is 6.18 Å². The lowest BCUT2D eigenvalue weighted by Crippen LogP contribution is -2.34. The molecule has 1 unspecified atom stereocenters. The normalized spacial score (nSPS) is 16.4. The predicted octanol–water partition coefficient (Wildman–Crippen LogP) is 5.35. The number of hydrogen-bond donors (Lipinski definition) is 1. The minimum atomic E-state index is -4.50. The number of nitrogens with one attached hydrogen (secondary N) is 1. The number of carbonyl (C=O) groups is 1. The third-order valence-corrected chi connectivity index (χ3v) is 5.84. The van der Waals surface area contributed by atoms with Gasteiger partial charge in [-0.15, -0.1) is 0 Å². The number of benzene rings is 1. The summed E-state index contributed by atoms with van der Waals surface area (Å²) in [5.41, 5.74) is -0.0560. The van der Waals surface area contributed by atoms with E-state index < -0.39 is 17.8 Å². The number of hydrogen-bond acceptors (Lipinski definition) is 3. The summed E-state index contributed by atoms with van der Waals surface area (Å²) in [5, 5.41) is 3.26. The van der Waals surface area contributed by atoms with Gasteiger partial charge < -0.3 is 10.1 Å². The van der Waals surface area contributed by atoms with E-state index >= 15 is 0 Å². The van der Waals surface area contributed by atoms with Crippen LogP contribution in [0.1, 0.15) is 40.4 Å². The number of aromatic nitrogens is 1. The first kappa shape index (κ1) is 21.9. The number of amides is 1. The first-order valence-corrected chi connectivity index (χ1v) is 9.86. The minimum absolute atomic E-state index is 0.150. The zero-order chi connectivity index (χ0) is 21.0. The van der Waals surface area contributed by atoms with Crippen molar-refractivity contribution in [2.45, 2.75) is 24.9 Å². The van der Waals surface area contributed by atoms with Crippen LogP contribution in [0.5, 0.6) is 0 Å². The highest BCUT2D eigenvalue weighted by Gasteiger charge is 2.33. The molecule has 3 rings (SSSR count). The summed E-state index contributed by atoms with van der Waals surface area (Å²) in [6.45, 7) is 1.38. The fourth-order valence-corrected chi connectivity index (χ4v) is 3.83. The molecule has 1 aromatic carbocycles. The molecule has 0 bridgehead atoms. The Balaban J connectivity index is 1.79. The maximum absolute atomic E-state index is 12.8. The molecule has 4 nitrogen and oxygen atoms in total. The van der Waals surface area contributed by atoms with E-state index in [1.807, 2.05) is 0 Å². The van der Waals surface area contributed by atoms with Gasteiger partial charge in [0.25, 0.3) is 5.91 Å². The Morgan fingerprint density at radius 3 is 2.55 bits per heavy atom. The molecule has 1 N–H and O–H groups in total. The van der Waals surface area contributed by atoms with Crippen molar-refractivity contribution in [3.63, 3.8) is 0 Å². The molecule has 1 aromatic heterocycles. The second-order valence-electron chi connectivity index (χ2n) is 6.84. The van der Waals surface area contributed by atoms with Crippen molar-refractivity contribution >= 4 is 29.1 Å². The summed E-state index contributed by atoms with van der Waals surface area (Å²) in [5.74, 6) is -0.442. The van der Waals surface area contributed by atoms with Crippen molar-refractivity contribution < 1.29 is 22.7 Å². The molecular formula is C20H19Cl2F3N2O2. The van der Waals surface area contributed by atoms with Gasteiger partial charge in [0.2, 0.25) is 0 Å². The molecule has 9 heteroatoms. The van der Waals surface area contributed by atoms with Gasteiger partial charge in [0.15, 0.2) is 0 Å². The zero-order valence-electron chi connectivity index (χ0n) is 15.3. The van der Waals surface area contributed by atoms with Crippen molar-refractivity contribution in [2.75, 3.05) is 19.8 Å². The number of nitrogens with zero attached hydrogens (tertiary/aromatic N) is 1. The molecule has 0 spiro atoms. The van der Waals surface area contributed by atoms with Crippen molar-refractivity contribution in [3.8, 4) is 0 Å². The molecule has 2 aromatic rings. The van der Waals surface area contributed by atoms with E-state index in [4.69, 9.17) is 27.9 Å². The van der Waals surface area contributed by atoms with Gasteiger partial charge in [0, 0.05) is 31.9 Å². The molecule has 1 aliphatic rings. The van der Waals surface area contributed by atoms with Crippen molar-refractivity contribution in [1.82, 2.24) is 10.3 Å². The Hall–Kier alpha value is -1.83. The zero-order valence-corrected chi connectivity index (χ0v) is 16.8. The van der Waals surface area contributed by atoms with Gasteiger partial charge in [0.1, 0.15) is 5.69 Å². The van der Waals surface area contributed by atoms with Crippen molar-refractivity contribution in [1.29, 1.82) is 0 Å². The number of alkyl halides is 3. The molecule has 2 heterocycles. The van der Waals surface area contributed by atoms with E-state index in [1.54, 1.807) is 18.2 Å². The van der Waals surface area contributed by atoms with Crippen LogP contribution >= 0.6 is 23.2 Å². The molecule has 1 atom stereocenters. The molecule has 1 aliphatic heterocycles. The largest absolute Gasteiger partial charge is 0.433 e. The smallest absolute Gasteiger partial charge is 0.381 e. The Labute approximate surface area is 176 Å². The SMILES string of the molecule is O=C(NCC(c1ccc(C(F)(F)F)nc1)C1CCOCC1)c1cccc(Cl)c1Cl. The van der Waals surface area contributed by atoms with Crippen LogP contribution in [-0.2, 0) is 10.9 Å². The van der Waals surface area contributed by atoms with Gasteiger partial charge in [-0.05, 0) is 42.5 Å². The molecule has 0 saturated carbocycles. The Kier molecular flexibility index (Phi) is 7.03. The predicted molar refractivity (Wildman–Crippen MR) is 104 cm³/mol. The lowest BCUT2D eigenvalue weighted by Gasteiger charge is -2.31. The number of ether oxygens (including phenoxy) is 1. The average molecular weight is 447 g/mol. The standard InChI is InChI=1S/C20H19Cl2F3N2O2/c21-16-3-1-2-14(18(16)22)19(28)27-11-15(12-6-8-29-9-7-12)13-4-5-17(26-10-13)20(23,24)25/h1-5,10,12,15H,6-9,11H2,(H,27,28).